The number of benzene rings is 2. The number of hydrogen-bond donors (Lipinski definition) is 2. The highest BCUT2D eigenvalue weighted by Gasteiger charge is 2.15. The van der Waals surface area contributed by atoms with Crippen LogP contribution in [0.2, 0.25) is 0 Å². The summed E-state index contributed by atoms with van der Waals surface area (Å²) in [6, 6.07) is 12.4. The van der Waals surface area contributed by atoms with Gasteiger partial charge in [-0.15, -0.1) is 0 Å². The van der Waals surface area contributed by atoms with Gasteiger partial charge in [-0.3, -0.25) is 19.7 Å². The maximum absolute atomic E-state index is 11.9. The van der Waals surface area contributed by atoms with Crippen molar-refractivity contribution in [3.63, 3.8) is 0 Å². The van der Waals surface area contributed by atoms with E-state index in [2.05, 4.69) is 10.6 Å². The second-order valence-electron chi connectivity index (χ2n) is 4.82. The van der Waals surface area contributed by atoms with Gasteiger partial charge in [0.2, 0.25) is 5.91 Å². The van der Waals surface area contributed by atoms with Crippen LogP contribution in [-0.4, -0.2) is 23.3 Å². The lowest BCUT2D eigenvalue weighted by molar-refractivity contribution is -0.385. The van der Waals surface area contributed by atoms with Crippen molar-refractivity contribution in [1.82, 2.24) is 0 Å². The fourth-order valence-electron chi connectivity index (χ4n) is 1.95. The average molecular weight is 329 g/mol. The topological polar surface area (TPSA) is 111 Å². The number of nitrogens with one attached hydrogen (secondary N) is 2. The summed E-state index contributed by atoms with van der Waals surface area (Å²) in [6.07, 6.45) is 0. The largest absolute Gasteiger partial charge is 0.477 e. The molecule has 0 aliphatic rings. The molecule has 2 aromatic carbocycles. The summed E-state index contributed by atoms with van der Waals surface area (Å²) >= 11 is 0. The molecular formula is C16H15N3O5. The lowest BCUT2D eigenvalue weighted by atomic mass is 10.2. The van der Waals surface area contributed by atoms with E-state index in [4.69, 9.17) is 4.74 Å². The molecule has 24 heavy (non-hydrogen) atoms. The summed E-state index contributed by atoms with van der Waals surface area (Å²) in [4.78, 5) is 33.2. The van der Waals surface area contributed by atoms with E-state index >= 15 is 0 Å². The van der Waals surface area contributed by atoms with E-state index in [0.717, 1.165) is 0 Å². The summed E-state index contributed by atoms with van der Waals surface area (Å²) in [7, 11) is 0. The highest BCUT2D eigenvalue weighted by atomic mass is 16.6. The lowest BCUT2D eigenvalue weighted by Gasteiger charge is -2.09. The van der Waals surface area contributed by atoms with Crippen molar-refractivity contribution in [2.75, 3.05) is 17.2 Å². The number of nitro benzene ring substituents is 1. The molecule has 124 valence electrons. The third-order valence-corrected chi connectivity index (χ3v) is 2.89. The number of carbonyl (C=O) groups excluding carboxylic acids is 2. The molecule has 2 N–H and O–H groups in total. The summed E-state index contributed by atoms with van der Waals surface area (Å²) in [5, 5.41) is 16.1. The Morgan fingerprint density at radius 3 is 2.42 bits per heavy atom. The maximum Gasteiger partial charge on any atom is 0.310 e. The van der Waals surface area contributed by atoms with Crippen molar-refractivity contribution in [1.29, 1.82) is 0 Å². The molecule has 2 rings (SSSR count). The standard InChI is InChI=1S/C16H15N3O5/c1-11(20)17-12-5-4-6-13(9-12)18-16(21)10-24-15-8-3-2-7-14(15)19(22)23/h2-9H,10H2,1H3,(H,17,20)(H,18,21). The van der Waals surface area contributed by atoms with E-state index in [1.54, 1.807) is 30.3 Å². The quantitative estimate of drug-likeness (QED) is 0.625. The normalized spacial score (nSPS) is 9.88. The van der Waals surface area contributed by atoms with Crippen LogP contribution >= 0.6 is 0 Å². The first kappa shape index (κ1) is 16.9. The first-order valence-corrected chi connectivity index (χ1v) is 6.99. The summed E-state index contributed by atoms with van der Waals surface area (Å²) in [5.74, 6) is -0.684. The second kappa shape index (κ2) is 7.73. The van der Waals surface area contributed by atoms with E-state index in [9.17, 15) is 19.7 Å². The third kappa shape index (κ3) is 4.80. The van der Waals surface area contributed by atoms with Crippen LogP contribution in [0.3, 0.4) is 0 Å². The Bertz CT molecular complexity index is 776. The van der Waals surface area contributed by atoms with E-state index in [1.807, 2.05) is 0 Å². The maximum atomic E-state index is 11.9. The Hall–Kier alpha value is -3.42. The van der Waals surface area contributed by atoms with Crippen molar-refractivity contribution in [3.8, 4) is 5.75 Å². The van der Waals surface area contributed by atoms with Crippen molar-refractivity contribution >= 4 is 28.9 Å². The highest BCUT2D eigenvalue weighted by Crippen LogP contribution is 2.25. The van der Waals surface area contributed by atoms with Crippen LogP contribution in [0.4, 0.5) is 17.1 Å². The molecule has 0 saturated heterocycles. The number of ether oxygens (including phenoxy) is 1. The summed E-state index contributed by atoms with van der Waals surface area (Å²) in [6.45, 7) is 1.00. The molecule has 0 aliphatic heterocycles. The minimum absolute atomic E-state index is 0.0182. The summed E-state index contributed by atoms with van der Waals surface area (Å²) in [5.41, 5.74) is 0.801. The molecule has 0 atom stereocenters. The smallest absolute Gasteiger partial charge is 0.310 e. The predicted molar refractivity (Wildman–Crippen MR) is 88.0 cm³/mol. The van der Waals surface area contributed by atoms with Crippen molar-refractivity contribution in [2.45, 2.75) is 6.92 Å². The number of para-hydroxylation sites is 2. The van der Waals surface area contributed by atoms with Gasteiger partial charge in [-0.2, -0.15) is 0 Å². The van der Waals surface area contributed by atoms with Gasteiger partial charge in [0.15, 0.2) is 12.4 Å². The van der Waals surface area contributed by atoms with Crippen LogP contribution in [0.15, 0.2) is 48.5 Å². The number of rotatable bonds is 6. The molecule has 0 radical (unpaired) electrons. The van der Waals surface area contributed by atoms with Gasteiger partial charge >= 0.3 is 5.69 Å². The first-order valence-electron chi connectivity index (χ1n) is 6.99. The van der Waals surface area contributed by atoms with Gasteiger partial charge in [-0.25, -0.2) is 0 Å². The molecule has 0 unspecified atom stereocenters. The lowest BCUT2D eigenvalue weighted by Crippen LogP contribution is -2.20. The Morgan fingerprint density at radius 2 is 1.75 bits per heavy atom. The Balaban J connectivity index is 1.97. The zero-order chi connectivity index (χ0) is 17.5. The van der Waals surface area contributed by atoms with Gasteiger partial charge in [0, 0.05) is 24.4 Å². The fourth-order valence-corrected chi connectivity index (χ4v) is 1.95. The zero-order valence-electron chi connectivity index (χ0n) is 12.8. The second-order valence-corrected chi connectivity index (χ2v) is 4.82. The number of nitrogens with zero attached hydrogens (tertiary/aromatic N) is 1. The highest BCUT2D eigenvalue weighted by molar-refractivity contribution is 5.94. The van der Waals surface area contributed by atoms with E-state index < -0.39 is 10.8 Å². The van der Waals surface area contributed by atoms with Crippen LogP contribution in [0.1, 0.15) is 6.92 Å². The first-order chi connectivity index (χ1) is 11.5. The Morgan fingerprint density at radius 1 is 1.08 bits per heavy atom. The van der Waals surface area contributed by atoms with Crippen LogP contribution in [0, 0.1) is 10.1 Å². The molecule has 0 spiro atoms. The number of nitro groups is 1. The number of amides is 2. The van der Waals surface area contributed by atoms with Gasteiger partial charge in [0.05, 0.1) is 4.92 Å². The minimum atomic E-state index is -0.579. The predicted octanol–water partition coefficient (Wildman–Crippen LogP) is 2.57. The molecule has 2 amide bonds. The molecular weight excluding hydrogens is 314 g/mol. The molecule has 0 saturated carbocycles. The van der Waals surface area contributed by atoms with Gasteiger partial charge in [0.25, 0.3) is 5.91 Å². The van der Waals surface area contributed by atoms with Crippen molar-refractivity contribution < 1.29 is 19.2 Å². The van der Waals surface area contributed by atoms with Crippen LogP contribution in [0.5, 0.6) is 5.75 Å². The van der Waals surface area contributed by atoms with E-state index in [1.165, 1.54) is 25.1 Å². The van der Waals surface area contributed by atoms with Gasteiger partial charge in [-0.1, -0.05) is 18.2 Å². The molecule has 0 aromatic heterocycles. The molecule has 2 aromatic rings. The van der Waals surface area contributed by atoms with Gasteiger partial charge < -0.3 is 15.4 Å². The molecule has 8 nitrogen and oxygen atoms in total. The molecule has 0 bridgehead atoms. The van der Waals surface area contributed by atoms with E-state index in [0.29, 0.717) is 11.4 Å². The molecule has 0 heterocycles. The van der Waals surface area contributed by atoms with Crippen molar-refractivity contribution in [2.24, 2.45) is 0 Å². The average Bonchev–Trinajstić information content (AvgIpc) is 2.53. The fraction of sp³-hybridized carbons (Fsp3) is 0.125. The molecule has 0 aliphatic carbocycles. The third-order valence-electron chi connectivity index (χ3n) is 2.89. The monoisotopic (exact) mass is 329 g/mol. The van der Waals surface area contributed by atoms with Crippen LogP contribution in [-0.2, 0) is 9.59 Å². The molecule has 8 heteroatoms. The zero-order valence-corrected chi connectivity index (χ0v) is 12.8. The molecule has 0 fully saturated rings. The number of hydrogen-bond acceptors (Lipinski definition) is 5. The van der Waals surface area contributed by atoms with Gasteiger partial charge in [0.1, 0.15) is 0 Å². The van der Waals surface area contributed by atoms with Gasteiger partial charge in [-0.05, 0) is 24.3 Å². The van der Waals surface area contributed by atoms with Crippen molar-refractivity contribution in [3.05, 3.63) is 58.6 Å². The van der Waals surface area contributed by atoms with Crippen LogP contribution < -0.4 is 15.4 Å². The Kier molecular flexibility index (Phi) is 5.45. The minimum Gasteiger partial charge on any atom is -0.477 e. The SMILES string of the molecule is CC(=O)Nc1cccc(NC(=O)COc2ccccc2[N+](=O)[O-])c1. The number of anilines is 2. The van der Waals surface area contributed by atoms with E-state index in [-0.39, 0.29) is 24.0 Å². The Labute approximate surface area is 137 Å². The number of carbonyl (C=O) groups is 2. The van der Waals surface area contributed by atoms with Crippen LogP contribution in [0.25, 0.3) is 0 Å². The summed E-state index contributed by atoms with van der Waals surface area (Å²) < 4.78 is 5.20.